The molecule has 0 amide bonds. The van der Waals surface area contributed by atoms with Crippen LogP contribution in [0.4, 0.5) is 24.5 Å². The van der Waals surface area contributed by atoms with Crippen molar-refractivity contribution in [1.82, 2.24) is 5.16 Å². The van der Waals surface area contributed by atoms with Gasteiger partial charge in [-0.15, -0.1) is 0 Å². The topological polar surface area (TPSA) is 64.1 Å². The van der Waals surface area contributed by atoms with E-state index in [1.807, 2.05) is 0 Å². The molecule has 0 aliphatic carbocycles. The Hall–Kier alpha value is -2.18. The fourth-order valence-electron chi connectivity index (χ4n) is 2.28. The second-order valence-corrected chi connectivity index (χ2v) is 4.93. The Morgan fingerprint density at radius 2 is 1.90 bits per heavy atom. The summed E-state index contributed by atoms with van der Waals surface area (Å²) in [6.45, 7) is 4.16. The summed E-state index contributed by atoms with van der Waals surface area (Å²) in [6, 6.07) is 3.39. The molecule has 2 aromatic rings. The summed E-state index contributed by atoms with van der Waals surface area (Å²) in [7, 11) is 0. The molecule has 0 saturated heterocycles. The molecule has 0 bridgehead atoms. The molecule has 1 aromatic carbocycles. The number of nitrogen functional groups attached to an aromatic ring is 1. The first-order valence-electron chi connectivity index (χ1n) is 6.33. The molecular weight excluding hydrogens is 283 g/mol. The third kappa shape index (κ3) is 3.29. The van der Waals surface area contributed by atoms with Crippen LogP contribution in [0, 0.1) is 20.8 Å². The van der Waals surface area contributed by atoms with E-state index in [1.54, 1.807) is 32.9 Å². The number of alkyl halides is 3. The number of nitrogens with zero attached hydrogens (tertiary/aromatic N) is 1. The molecule has 0 fully saturated rings. The highest BCUT2D eigenvalue weighted by Crippen LogP contribution is 2.34. The van der Waals surface area contributed by atoms with Crippen LogP contribution in [0.2, 0.25) is 0 Å². The van der Waals surface area contributed by atoms with Crippen LogP contribution >= 0.6 is 0 Å². The molecule has 0 unspecified atom stereocenters. The smallest absolute Gasteiger partial charge is 0.397 e. The minimum absolute atomic E-state index is 0.259. The SMILES string of the molecule is Cc1cc(-c2c(C)noc2C)cc(N)c1NCC(F)(F)F. The van der Waals surface area contributed by atoms with E-state index >= 15 is 0 Å². The first kappa shape index (κ1) is 15.2. The number of benzene rings is 1. The van der Waals surface area contributed by atoms with Gasteiger partial charge < -0.3 is 15.6 Å². The van der Waals surface area contributed by atoms with E-state index in [0.29, 0.717) is 22.7 Å². The van der Waals surface area contributed by atoms with Gasteiger partial charge in [0.2, 0.25) is 0 Å². The van der Waals surface area contributed by atoms with Crippen LogP contribution in [0.15, 0.2) is 16.7 Å². The highest BCUT2D eigenvalue weighted by molar-refractivity contribution is 5.80. The van der Waals surface area contributed by atoms with Crippen molar-refractivity contribution in [3.05, 3.63) is 29.2 Å². The quantitative estimate of drug-likeness (QED) is 0.846. The van der Waals surface area contributed by atoms with Gasteiger partial charge in [0.05, 0.1) is 17.1 Å². The van der Waals surface area contributed by atoms with Crippen LogP contribution in [0.25, 0.3) is 11.1 Å². The number of anilines is 2. The Morgan fingerprint density at radius 3 is 2.38 bits per heavy atom. The molecule has 114 valence electrons. The number of nitrogens with two attached hydrogens (primary N) is 1. The number of aryl methyl sites for hydroxylation is 3. The summed E-state index contributed by atoms with van der Waals surface area (Å²) in [6.07, 6.45) is -4.29. The molecule has 0 spiro atoms. The van der Waals surface area contributed by atoms with Crippen molar-refractivity contribution in [2.45, 2.75) is 26.9 Å². The lowest BCUT2D eigenvalue weighted by Gasteiger charge is -2.15. The van der Waals surface area contributed by atoms with Gasteiger partial charge in [-0.3, -0.25) is 0 Å². The fourth-order valence-corrected chi connectivity index (χ4v) is 2.28. The standard InChI is InChI=1S/C14H16F3N3O/c1-7-4-10(12-8(2)20-21-9(12)3)5-11(18)13(7)19-6-14(15,16)17/h4-5,19H,6,18H2,1-3H3. The summed E-state index contributed by atoms with van der Waals surface area (Å²) >= 11 is 0. The maximum absolute atomic E-state index is 12.3. The van der Waals surface area contributed by atoms with Crippen molar-refractivity contribution >= 4 is 11.4 Å². The molecule has 7 heteroatoms. The molecule has 0 atom stereocenters. The molecular formula is C14H16F3N3O. The molecule has 0 aliphatic rings. The van der Waals surface area contributed by atoms with Gasteiger partial charge >= 0.3 is 6.18 Å². The molecule has 3 N–H and O–H groups in total. The van der Waals surface area contributed by atoms with Crippen LogP contribution < -0.4 is 11.1 Å². The Bertz CT molecular complexity index is 619. The Balaban J connectivity index is 2.38. The molecule has 0 saturated carbocycles. The summed E-state index contributed by atoms with van der Waals surface area (Å²) in [5.74, 6) is 0.641. The fraction of sp³-hybridized carbons (Fsp3) is 0.357. The van der Waals surface area contributed by atoms with Crippen molar-refractivity contribution in [1.29, 1.82) is 0 Å². The van der Waals surface area contributed by atoms with E-state index in [4.69, 9.17) is 10.3 Å². The number of hydrogen-bond acceptors (Lipinski definition) is 4. The summed E-state index contributed by atoms with van der Waals surface area (Å²) < 4.78 is 42.0. The van der Waals surface area contributed by atoms with E-state index in [2.05, 4.69) is 10.5 Å². The van der Waals surface area contributed by atoms with Crippen LogP contribution in [0.1, 0.15) is 17.0 Å². The maximum atomic E-state index is 12.3. The molecule has 0 aliphatic heterocycles. The van der Waals surface area contributed by atoms with Crippen LogP contribution in [0.5, 0.6) is 0 Å². The van der Waals surface area contributed by atoms with Gasteiger partial charge in [0.1, 0.15) is 12.3 Å². The monoisotopic (exact) mass is 299 g/mol. The number of nitrogens with one attached hydrogen (secondary N) is 1. The Kier molecular flexibility index (Phi) is 3.85. The third-order valence-corrected chi connectivity index (χ3v) is 3.15. The van der Waals surface area contributed by atoms with Crippen LogP contribution in [0.3, 0.4) is 0 Å². The van der Waals surface area contributed by atoms with E-state index in [9.17, 15) is 13.2 Å². The summed E-state index contributed by atoms with van der Waals surface area (Å²) in [5, 5.41) is 6.20. The largest absolute Gasteiger partial charge is 0.405 e. The lowest BCUT2D eigenvalue weighted by molar-refractivity contribution is -0.115. The minimum atomic E-state index is -4.29. The van der Waals surface area contributed by atoms with Crippen molar-refractivity contribution in [3.8, 4) is 11.1 Å². The average molecular weight is 299 g/mol. The van der Waals surface area contributed by atoms with E-state index in [-0.39, 0.29) is 5.69 Å². The number of rotatable bonds is 3. The third-order valence-electron chi connectivity index (χ3n) is 3.15. The summed E-state index contributed by atoms with van der Waals surface area (Å²) in [4.78, 5) is 0. The number of hydrogen-bond donors (Lipinski definition) is 2. The van der Waals surface area contributed by atoms with Crippen LogP contribution in [-0.2, 0) is 0 Å². The zero-order chi connectivity index (χ0) is 15.8. The average Bonchev–Trinajstić information content (AvgIpc) is 2.66. The van der Waals surface area contributed by atoms with Gasteiger partial charge in [-0.1, -0.05) is 5.16 Å². The molecule has 1 aromatic heterocycles. The number of aromatic nitrogens is 1. The van der Waals surface area contributed by atoms with Gasteiger partial charge in [-0.25, -0.2) is 0 Å². The highest BCUT2D eigenvalue weighted by atomic mass is 19.4. The molecule has 2 rings (SSSR count). The van der Waals surface area contributed by atoms with E-state index in [0.717, 1.165) is 11.1 Å². The van der Waals surface area contributed by atoms with Crippen molar-refractivity contribution < 1.29 is 17.7 Å². The van der Waals surface area contributed by atoms with Crippen molar-refractivity contribution in [2.75, 3.05) is 17.6 Å². The van der Waals surface area contributed by atoms with E-state index in [1.165, 1.54) is 0 Å². The predicted molar refractivity (Wildman–Crippen MR) is 75.1 cm³/mol. The van der Waals surface area contributed by atoms with Crippen molar-refractivity contribution in [3.63, 3.8) is 0 Å². The Morgan fingerprint density at radius 1 is 1.24 bits per heavy atom. The van der Waals surface area contributed by atoms with E-state index < -0.39 is 12.7 Å². The lowest BCUT2D eigenvalue weighted by Crippen LogP contribution is -2.22. The lowest BCUT2D eigenvalue weighted by atomic mass is 10.00. The van der Waals surface area contributed by atoms with Crippen molar-refractivity contribution in [2.24, 2.45) is 0 Å². The molecule has 0 radical (unpaired) electrons. The van der Waals surface area contributed by atoms with Gasteiger partial charge in [-0.2, -0.15) is 13.2 Å². The van der Waals surface area contributed by atoms with Gasteiger partial charge in [0.15, 0.2) is 0 Å². The zero-order valence-electron chi connectivity index (χ0n) is 11.9. The normalized spacial score (nSPS) is 11.7. The minimum Gasteiger partial charge on any atom is -0.397 e. The van der Waals surface area contributed by atoms with Gasteiger partial charge in [0, 0.05) is 5.56 Å². The maximum Gasteiger partial charge on any atom is 0.405 e. The number of halogens is 3. The summed E-state index contributed by atoms with van der Waals surface area (Å²) in [5.41, 5.74) is 9.36. The second-order valence-electron chi connectivity index (χ2n) is 4.93. The predicted octanol–water partition coefficient (Wildman–Crippen LogP) is 3.82. The first-order chi connectivity index (χ1) is 9.69. The molecule has 1 heterocycles. The van der Waals surface area contributed by atoms with Gasteiger partial charge in [0.25, 0.3) is 0 Å². The Labute approximate surface area is 120 Å². The van der Waals surface area contributed by atoms with Gasteiger partial charge in [-0.05, 0) is 44.0 Å². The van der Waals surface area contributed by atoms with Crippen LogP contribution in [-0.4, -0.2) is 17.9 Å². The first-order valence-corrected chi connectivity index (χ1v) is 6.33. The molecule has 4 nitrogen and oxygen atoms in total. The zero-order valence-corrected chi connectivity index (χ0v) is 11.9. The second kappa shape index (κ2) is 5.31. The highest BCUT2D eigenvalue weighted by Gasteiger charge is 2.27. The molecule has 21 heavy (non-hydrogen) atoms.